The molecule has 3 aromatic carbocycles. The maximum Gasteiger partial charge on any atom is 0.321 e. The minimum atomic E-state index is -0.844. The molecule has 0 aliphatic carbocycles. The van der Waals surface area contributed by atoms with E-state index >= 15 is 0 Å². The van der Waals surface area contributed by atoms with Gasteiger partial charge in [-0.2, -0.15) is 0 Å². The number of benzene rings is 3. The predicted octanol–water partition coefficient (Wildman–Crippen LogP) is 5.26. The first-order chi connectivity index (χ1) is 16.1. The van der Waals surface area contributed by atoms with Crippen molar-refractivity contribution in [2.75, 3.05) is 0 Å². The number of hydrogen-bond donors (Lipinski definition) is 3. The number of para-hydroxylation sites is 2. The number of rotatable bonds is 8. The number of hydrogen-bond acceptors (Lipinski definition) is 2. The maximum atomic E-state index is 12.0. The molecular weight excluding hydrogens is 410 g/mol. The van der Waals surface area contributed by atoms with Crippen LogP contribution in [0.4, 0.5) is 0 Å². The lowest BCUT2D eigenvalue weighted by molar-refractivity contribution is -0.139. The number of aromatic nitrogens is 2. The average molecular weight is 438 g/mol. The lowest BCUT2D eigenvalue weighted by Gasteiger charge is -2.14. The fourth-order valence-corrected chi connectivity index (χ4v) is 4.49. The SMILES string of the molecule is Cc1ccc(Cn2cc(CN[C@H](Cc3c[nH]c4ccccc34)C(=O)O)c3ccccc32)cc1. The molecule has 0 fully saturated rings. The number of aryl methyl sites for hydroxylation is 1. The lowest BCUT2D eigenvalue weighted by Crippen LogP contribution is -2.38. The van der Waals surface area contributed by atoms with E-state index in [0.717, 1.165) is 39.5 Å². The van der Waals surface area contributed by atoms with E-state index < -0.39 is 12.0 Å². The van der Waals surface area contributed by atoms with E-state index in [4.69, 9.17) is 0 Å². The first-order valence-corrected chi connectivity index (χ1v) is 11.2. The van der Waals surface area contributed by atoms with E-state index in [1.54, 1.807) is 0 Å². The van der Waals surface area contributed by atoms with Crippen LogP contribution in [0.15, 0.2) is 85.2 Å². The Kier molecular flexibility index (Phi) is 5.71. The molecule has 0 radical (unpaired) electrons. The summed E-state index contributed by atoms with van der Waals surface area (Å²) in [5.41, 5.74) is 6.77. The van der Waals surface area contributed by atoms with Gasteiger partial charge in [-0.1, -0.05) is 66.2 Å². The molecule has 0 bridgehead atoms. The Bertz CT molecular complexity index is 1410. The van der Waals surface area contributed by atoms with Gasteiger partial charge in [0.1, 0.15) is 6.04 Å². The Morgan fingerprint density at radius 2 is 1.70 bits per heavy atom. The molecule has 0 spiro atoms. The molecule has 5 aromatic rings. The fourth-order valence-electron chi connectivity index (χ4n) is 4.49. The third-order valence-electron chi connectivity index (χ3n) is 6.28. The summed E-state index contributed by atoms with van der Waals surface area (Å²) in [7, 11) is 0. The van der Waals surface area contributed by atoms with Gasteiger partial charge >= 0.3 is 5.97 Å². The summed E-state index contributed by atoms with van der Waals surface area (Å²) in [4.78, 5) is 15.3. The molecular formula is C28H27N3O2. The highest BCUT2D eigenvalue weighted by atomic mass is 16.4. The molecule has 5 nitrogen and oxygen atoms in total. The van der Waals surface area contributed by atoms with Gasteiger partial charge in [0.05, 0.1) is 0 Å². The number of aliphatic carboxylic acids is 1. The highest BCUT2D eigenvalue weighted by Gasteiger charge is 2.20. The minimum Gasteiger partial charge on any atom is -0.480 e. The highest BCUT2D eigenvalue weighted by Crippen LogP contribution is 2.24. The monoisotopic (exact) mass is 437 g/mol. The number of carboxylic acid groups (broad SMARTS) is 1. The maximum absolute atomic E-state index is 12.0. The molecule has 3 N–H and O–H groups in total. The quantitative estimate of drug-likeness (QED) is 0.310. The molecule has 0 unspecified atom stereocenters. The average Bonchev–Trinajstić information content (AvgIpc) is 3.39. The van der Waals surface area contributed by atoms with Crippen molar-refractivity contribution >= 4 is 27.8 Å². The summed E-state index contributed by atoms with van der Waals surface area (Å²) in [6.07, 6.45) is 4.47. The molecule has 33 heavy (non-hydrogen) atoms. The topological polar surface area (TPSA) is 70.0 Å². The normalized spacial score (nSPS) is 12.4. The van der Waals surface area contributed by atoms with Crippen LogP contribution in [0.1, 0.15) is 22.3 Å². The van der Waals surface area contributed by atoms with Crippen molar-refractivity contribution in [1.82, 2.24) is 14.9 Å². The van der Waals surface area contributed by atoms with Crippen LogP contribution in [0.2, 0.25) is 0 Å². The number of carboxylic acids is 1. The standard InChI is InChI=1S/C28H27N3O2/c1-19-10-12-20(13-11-19)17-31-18-22(24-7-3-5-9-27(24)31)16-30-26(28(32)33)14-21-15-29-25-8-4-2-6-23(21)25/h2-13,15,18,26,29-30H,14,16-17H2,1H3,(H,32,33)/t26-/m1/s1. The predicted molar refractivity (Wildman–Crippen MR) is 132 cm³/mol. The summed E-state index contributed by atoms with van der Waals surface area (Å²) >= 11 is 0. The number of aromatic amines is 1. The van der Waals surface area contributed by atoms with Crippen LogP contribution in [0, 0.1) is 6.92 Å². The zero-order valence-electron chi connectivity index (χ0n) is 18.6. The third kappa shape index (κ3) is 4.41. The van der Waals surface area contributed by atoms with Crippen LogP contribution < -0.4 is 5.32 Å². The number of nitrogens with one attached hydrogen (secondary N) is 2. The first kappa shape index (κ1) is 21.0. The van der Waals surface area contributed by atoms with Gasteiger partial charge in [-0.05, 0) is 35.7 Å². The minimum absolute atomic E-state index is 0.418. The first-order valence-electron chi connectivity index (χ1n) is 11.2. The molecule has 5 rings (SSSR count). The molecule has 1 atom stereocenters. The van der Waals surface area contributed by atoms with Crippen LogP contribution in [0.5, 0.6) is 0 Å². The zero-order valence-corrected chi connectivity index (χ0v) is 18.6. The van der Waals surface area contributed by atoms with Gasteiger partial charge < -0.3 is 14.7 Å². The van der Waals surface area contributed by atoms with E-state index in [0.29, 0.717) is 13.0 Å². The summed E-state index contributed by atoms with van der Waals surface area (Å²) in [5.74, 6) is -0.844. The van der Waals surface area contributed by atoms with E-state index in [-0.39, 0.29) is 0 Å². The highest BCUT2D eigenvalue weighted by molar-refractivity contribution is 5.85. The van der Waals surface area contributed by atoms with E-state index in [2.05, 4.69) is 64.4 Å². The second-order valence-corrected chi connectivity index (χ2v) is 8.62. The Morgan fingerprint density at radius 1 is 0.970 bits per heavy atom. The largest absolute Gasteiger partial charge is 0.480 e. The summed E-state index contributed by atoms with van der Waals surface area (Å²) < 4.78 is 2.24. The number of H-pyrrole nitrogens is 1. The third-order valence-corrected chi connectivity index (χ3v) is 6.28. The smallest absolute Gasteiger partial charge is 0.321 e. The molecule has 0 amide bonds. The van der Waals surface area contributed by atoms with Crippen molar-refractivity contribution in [3.63, 3.8) is 0 Å². The number of carbonyl (C=O) groups is 1. The lowest BCUT2D eigenvalue weighted by atomic mass is 10.0. The molecule has 0 saturated carbocycles. The molecule has 0 aliphatic rings. The van der Waals surface area contributed by atoms with E-state index in [1.165, 1.54) is 11.1 Å². The van der Waals surface area contributed by atoms with Gasteiger partial charge in [-0.3, -0.25) is 10.1 Å². The number of fused-ring (bicyclic) bond motifs is 2. The van der Waals surface area contributed by atoms with Crippen LogP contribution in [0.25, 0.3) is 21.8 Å². The molecule has 166 valence electrons. The van der Waals surface area contributed by atoms with E-state index in [9.17, 15) is 9.90 Å². The van der Waals surface area contributed by atoms with Crippen molar-refractivity contribution in [2.45, 2.75) is 32.5 Å². The van der Waals surface area contributed by atoms with Gasteiger partial charge in [0.15, 0.2) is 0 Å². The second kappa shape index (κ2) is 8.96. The van der Waals surface area contributed by atoms with Crippen LogP contribution in [-0.4, -0.2) is 26.7 Å². The van der Waals surface area contributed by atoms with Crippen molar-refractivity contribution in [3.05, 3.63) is 107 Å². The Hall–Kier alpha value is -3.83. The molecule has 0 saturated heterocycles. The summed E-state index contributed by atoms with van der Waals surface area (Å²) in [5, 5.41) is 15.4. The van der Waals surface area contributed by atoms with Crippen molar-refractivity contribution in [3.8, 4) is 0 Å². The Labute approximate surface area is 192 Å². The molecule has 5 heteroatoms. The van der Waals surface area contributed by atoms with Gasteiger partial charge in [0.25, 0.3) is 0 Å². The summed E-state index contributed by atoms with van der Waals surface area (Å²) in [6, 6.07) is 24.2. The van der Waals surface area contributed by atoms with Crippen LogP contribution in [0.3, 0.4) is 0 Å². The molecule has 0 aliphatic heterocycles. The Balaban J connectivity index is 1.37. The van der Waals surface area contributed by atoms with Crippen LogP contribution >= 0.6 is 0 Å². The van der Waals surface area contributed by atoms with E-state index in [1.807, 2.05) is 42.6 Å². The van der Waals surface area contributed by atoms with Gasteiger partial charge in [0.2, 0.25) is 0 Å². The molecule has 2 heterocycles. The zero-order chi connectivity index (χ0) is 22.8. The summed E-state index contributed by atoms with van der Waals surface area (Å²) in [6.45, 7) is 3.35. The number of nitrogens with zero attached hydrogens (tertiary/aromatic N) is 1. The van der Waals surface area contributed by atoms with Gasteiger partial charge in [-0.25, -0.2) is 0 Å². The van der Waals surface area contributed by atoms with Gasteiger partial charge in [0, 0.05) is 53.7 Å². The fraction of sp³-hybridized carbons (Fsp3) is 0.179. The second-order valence-electron chi connectivity index (χ2n) is 8.62. The van der Waals surface area contributed by atoms with Crippen LogP contribution in [-0.2, 0) is 24.3 Å². The van der Waals surface area contributed by atoms with Crippen molar-refractivity contribution in [2.24, 2.45) is 0 Å². The molecule has 2 aromatic heterocycles. The van der Waals surface area contributed by atoms with Gasteiger partial charge in [-0.15, -0.1) is 0 Å². The van der Waals surface area contributed by atoms with Crippen molar-refractivity contribution in [1.29, 1.82) is 0 Å². The Morgan fingerprint density at radius 3 is 2.48 bits per heavy atom. The van der Waals surface area contributed by atoms with Crippen molar-refractivity contribution < 1.29 is 9.90 Å².